The topological polar surface area (TPSA) is 94.1 Å². The summed E-state index contributed by atoms with van der Waals surface area (Å²) in [5.74, 6) is 0.115. The summed E-state index contributed by atoms with van der Waals surface area (Å²) in [7, 11) is 2.93. The van der Waals surface area contributed by atoms with Gasteiger partial charge >= 0.3 is 5.97 Å². The molecule has 8 heteroatoms. The van der Waals surface area contributed by atoms with Gasteiger partial charge in [0.25, 0.3) is 0 Å². The van der Waals surface area contributed by atoms with Crippen molar-refractivity contribution >= 4 is 29.2 Å². The Morgan fingerprint density at radius 3 is 2.33 bits per heavy atom. The minimum Gasteiger partial charge on any atom is -0.497 e. The highest BCUT2D eigenvalue weighted by molar-refractivity contribution is 6.34. The quantitative estimate of drug-likeness (QED) is 0.628. The standard InChI is InChI=1S/C19H20ClNO6/c1-25-12-5-7-13(8-6-12)27-9-3-4-18(22)21-16-11-17(26-2)14(19(23)24)10-15(16)20/h5-8,10-11H,3-4,9H2,1-2H3,(H,21,22)(H,23,24). The lowest BCUT2D eigenvalue weighted by Gasteiger charge is -2.12. The molecule has 0 aromatic heterocycles. The van der Waals surface area contributed by atoms with Gasteiger partial charge in [0.05, 0.1) is 31.5 Å². The van der Waals surface area contributed by atoms with Gasteiger partial charge in [0, 0.05) is 12.5 Å². The summed E-state index contributed by atoms with van der Waals surface area (Å²) in [5, 5.41) is 11.9. The van der Waals surface area contributed by atoms with Crippen molar-refractivity contribution in [2.45, 2.75) is 12.8 Å². The van der Waals surface area contributed by atoms with E-state index in [1.54, 1.807) is 31.4 Å². The van der Waals surface area contributed by atoms with Crippen molar-refractivity contribution in [2.75, 3.05) is 26.1 Å². The van der Waals surface area contributed by atoms with Crippen LogP contribution in [0.1, 0.15) is 23.2 Å². The predicted molar refractivity (Wildman–Crippen MR) is 101 cm³/mol. The number of carbonyl (C=O) groups is 2. The Bertz CT molecular complexity index is 807. The average molecular weight is 394 g/mol. The maximum absolute atomic E-state index is 12.1. The molecular formula is C19H20ClNO6. The molecular weight excluding hydrogens is 374 g/mol. The fourth-order valence-corrected chi connectivity index (χ4v) is 2.50. The summed E-state index contributed by atoms with van der Waals surface area (Å²) in [6.45, 7) is 0.370. The third-order valence-electron chi connectivity index (χ3n) is 3.67. The Morgan fingerprint density at radius 1 is 1.07 bits per heavy atom. The third-order valence-corrected chi connectivity index (χ3v) is 3.98. The van der Waals surface area contributed by atoms with E-state index in [0.29, 0.717) is 24.5 Å². The summed E-state index contributed by atoms with van der Waals surface area (Å²) in [5.41, 5.74) is 0.216. The van der Waals surface area contributed by atoms with Crippen LogP contribution in [-0.4, -0.2) is 37.8 Å². The van der Waals surface area contributed by atoms with E-state index >= 15 is 0 Å². The Labute approximate surface area is 161 Å². The van der Waals surface area contributed by atoms with Crippen LogP contribution >= 0.6 is 11.6 Å². The van der Waals surface area contributed by atoms with Crippen molar-refractivity contribution in [1.82, 2.24) is 0 Å². The fraction of sp³-hybridized carbons (Fsp3) is 0.263. The largest absolute Gasteiger partial charge is 0.497 e. The number of carboxylic acids is 1. The van der Waals surface area contributed by atoms with E-state index in [-0.39, 0.29) is 28.7 Å². The van der Waals surface area contributed by atoms with Gasteiger partial charge in [0.2, 0.25) is 5.91 Å². The number of anilines is 1. The lowest BCUT2D eigenvalue weighted by Crippen LogP contribution is -2.14. The van der Waals surface area contributed by atoms with E-state index in [4.69, 9.17) is 30.9 Å². The van der Waals surface area contributed by atoms with Crippen LogP contribution in [0.2, 0.25) is 5.02 Å². The Balaban J connectivity index is 1.85. The van der Waals surface area contributed by atoms with E-state index in [1.165, 1.54) is 19.2 Å². The molecule has 0 aliphatic rings. The van der Waals surface area contributed by atoms with Gasteiger partial charge in [-0.2, -0.15) is 0 Å². The number of hydrogen-bond donors (Lipinski definition) is 2. The van der Waals surface area contributed by atoms with Gasteiger partial charge in [0.1, 0.15) is 22.8 Å². The third kappa shape index (κ3) is 5.79. The number of rotatable bonds is 9. The molecule has 2 aromatic carbocycles. The Hall–Kier alpha value is -2.93. The number of methoxy groups -OCH3 is 2. The van der Waals surface area contributed by atoms with Crippen molar-refractivity contribution in [2.24, 2.45) is 0 Å². The molecule has 2 aromatic rings. The molecule has 144 valence electrons. The molecule has 0 saturated carbocycles. The zero-order chi connectivity index (χ0) is 19.8. The smallest absolute Gasteiger partial charge is 0.339 e. The minimum atomic E-state index is -1.16. The van der Waals surface area contributed by atoms with Gasteiger partial charge in [-0.1, -0.05) is 11.6 Å². The molecule has 2 N–H and O–H groups in total. The Kier molecular flexibility index (Phi) is 7.31. The van der Waals surface area contributed by atoms with Crippen molar-refractivity contribution in [3.8, 4) is 17.2 Å². The fourth-order valence-electron chi connectivity index (χ4n) is 2.29. The monoisotopic (exact) mass is 393 g/mol. The van der Waals surface area contributed by atoms with E-state index in [1.807, 2.05) is 0 Å². The lowest BCUT2D eigenvalue weighted by atomic mass is 10.1. The number of carbonyl (C=O) groups excluding carboxylic acids is 1. The van der Waals surface area contributed by atoms with Gasteiger partial charge in [-0.05, 0) is 36.8 Å². The number of aromatic carboxylic acids is 1. The molecule has 0 radical (unpaired) electrons. The molecule has 0 aliphatic carbocycles. The van der Waals surface area contributed by atoms with Crippen LogP contribution in [0.15, 0.2) is 36.4 Å². The SMILES string of the molecule is COc1ccc(OCCCC(=O)Nc2cc(OC)c(C(=O)O)cc2Cl)cc1. The van der Waals surface area contributed by atoms with Crippen molar-refractivity contribution in [1.29, 1.82) is 0 Å². The highest BCUT2D eigenvalue weighted by atomic mass is 35.5. The van der Waals surface area contributed by atoms with Crippen LogP contribution in [0, 0.1) is 0 Å². The first kappa shape index (κ1) is 20.4. The van der Waals surface area contributed by atoms with Crippen LogP contribution in [-0.2, 0) is 4.79 Å². The second-order valence-corrected chi connectivity index (χ2v) is 5.92. The summed E-state index contributed by atoms with van der Waals surface area (Å²) in [6.07, 6.45) is 0.718. The zero-order valence-electron chi connectivity index (χ0n) is 15.0. The molecule has 0 fully saturated rings. The molecule has 0 atom stereocenters. The first-order valence-corrected chi connectivity index (χ1v) is 8.50. The highest BCUT2D eigenvalue weighted by Gasteiger charge is 2.16. The average Bonchev–Trinajstić information content (AvgIpc) is 2.66. The molecule has 0 unspecified atom stereocenters. The van der Waals surface area contributed by atoms with E-state index in [2.05, 4.69) is 5.32 Å². The molecule has 1 amide bonds. The summed E-state index contributed by atoms with van der Waals surface area (Å²) in [6, 6.07) is 9.78. The second-order valence-electron chi connectivity index (χ2n) is 5.51. The molecule has 0 saturated heterocycles. The molecule has 27 heavy (non-hydrogen) atoms. The second kappa shape index (κ2) is 9.68. The van der Waals surface area contributed by atoms with Crippen LogP contribution in [0.25, 0.3) is 0 Å². The van der Waals surface area contributed by atoms with E-state index < -0.39 is 5.97 Å². The van der Waals surface area contributed by atoms with Crippen LogP contribution < -0.4 is 19.5 Å². The summed E-state index contributed by atoms with van der Waals surface area (Å²) < 4.78 is 15.7. The van der Waals surface area contributed by atoms with Crippen molar-refractivity contribution in [3.05, 3.63) is 47.0 Å². The number of halogens is 1. The molecule has 0 bridgehead atoms. The lowest BCUT2D eigenvalue weighted by molar-refractivity contribution is -0.116. The van der Waals surface area contributed by atoms with E-state index in [0.717, 1.165) is 5.75 Å². The molecule has 0 aliphatic heterocycles. The maximum Gasteiger partial charge on any atom is 0.339 e. The summed E-state index contributed by atoms with van der Waals surface area (Å²) >= 11 is 6.04. The maximum atomic E-state index is 12.1. The number of nitrogens with one attached hydrogen (secondary N) is 1. The number of ether oxygens (including phenoxy) is 3. The van der Waals surface area contributed by atoms with Crippen LogP contribution in [0.3, 0.4) is 0 Å². The van der Waals surface area contributed by atoms with Gasteiger partial charge < -0.3 is 24.6 Å². The number of carboxylic acid groups (broad SMARTS) is 1. The number of amides is 1. The zero-order valence-corrected chi connectivity index (χ0v) is 15.7. The molecule has 0 spiro atoms. The van der Waals surface area contributed by atoms with Crippen molar-refractivity contribution in [3.63, 3.8) is 0 Å². The first-order chi connectivity index (χ1) is 12.9. The Morgan fingerprint density at radius 2 is 1.74 bits per heavy atom. The number of benzene rings is 2. The normalized spacial score (nSPS) is 10.2. The highest BCUT2D eigenvalue weighted by Crippen LogP contribution is 2.31. The van der Waals surface area contributed by atoms with E-state index in [9.17, 15) is 9.59 Å². The minimum absolute atomic E-state index is 0.0756. The molecule has 7 nitrogen and oxygen atoms in total. The van der Waals surface area contributed by atoms with Gasteiger partial charge in [-0.25, -0.2) is 4.79 Å². The van der Waals surface area contributed by atoms with Gasteiger partial charge in [-0.3, -0.25) is 4.79 Å². The van der Waals surface area contributed by atoms with Crippen molar-refractivity contribution < 1.29 is 28.9 Å². The van der Waals surface area contributed by atoms with Gasteiger partial charge in [0.15, 0.2) is 0 Å². The molecule has 2 rings (SSSR count). The molecule has 0 heterocycles. The van der Waals surface area contributed by atoms with Crippen LogP contribution in [0.4, 0.5) is 5.69 Å². The number of hydrogen-bond acceptors (Lipinski definition) is 5. The van der Waals surface area contributed by atoms with Crippen LogP contribution in [0.5, 0.6) is 17.2 Å². The summed E-state index contributed by atoms with van der Waals surface area (Å²) in [4.78, 5) is 23.2. The first-order valence-electron chi connectivity index (χ1n) is 8.12. The van der Waals surface area contributed by atoms with Gasteiger partial charge in [-0.15, -0.1) is 0 Å². The predicted octanol–water partition coefficient (Wildman–Crippen LogP) is 3.85.